The van der Waals surface area contributed by atoms with E-state index in [1.165, 1.54) is 46.0 Å². The Kier molecular flexibility index (Phi) is 8.22. The highest BCUT2D eigenvalue weighted by Crippen LogP contribution is 2.25. The summed E-state index contributed by atoms with van der Waals surface area (Å²) in [5.41, 5.74) is 2.42. The van der Waals surface area contributed by atoms with Crippen LogP contribution in [0.25, 0.3) is 11.0 Å². The maximum Gasteiger partial charge on any atom is 0.247 e. The highest BCUT2D eigenvalue weighted by Gasteiger charge is 2.32. The molecule has 0 unspecified atom stereocenters. The first kappa shape index (κ1) is 25.9. The average Bonchev–Trinajstić information content (AvgIpc) is 3.28. The molecule has 0 spiro atoms. The molecule has 4 aromatic rings. The molecule has 9 heteroatoms. The zero-order valence-electron chi connectivity index (χ0n) is 20.8. The average molecular weight is 506 g/mol. The molecule has 4 rings (SSSR count). The van der Waals surface area contributed by atoms with Gasteiger partial charge in [-0.3, -0.25) is 9.59 Å². The van der Waals surface area contributed by atoms with Crippen molar-refractivity contribution in [2.45, 2.75) is 39.4 Å². The maximum absolute atomic E-state index is 13.8. The Morgan fingerprint density at radius 2 is 1.59 bits per heavy atom. The first-order chi connectivity index (χ1) is 17.8. The molecule has 0 saturated carbocycles. The lowest BCUT2D eigenvalue weighted by Crippen LogP contribution is -2.45. The van der Waals surface area contributed by atoms with Crippen molar-refractivity contribution in [1.82, 2.24) is 25.2 Å². The van der Waals surface area contributed by atoms with Crippen LogP contribution >= 0.6 is 0 Å². The summed E-state index contributed by atoms with van der Waals surface area (Å²) in [5, 5.41) is 11.1. The Labute approximate surface area is 214 Å². The second kappa shape index (κ2) is 11.7. The summed E-state index contributed by atoms with van der Waals surface area (Å²) in [6, 6.07) is 17.5. The van der Waals surface area contributed by atoms with Crippen molar-refractivity contribution in [2.24, 2.45) is 5.92 Å². The molecule has 37 heavy (non-hydrogen) atoms. The van der Waals surface area contributed by atoms with Crippen molar-refractivity contribution in [2.75, 3.05) is 6.54 Å². The molecule has 0 aliphatic carbocycles. The van der Waals surface area contributed by atoms with E-state index in [2.05, 4.69) is 29.5 Å². The molecule has 192 valence electrons. The van der Waals surface area contributed by atoms with Gasteiger partial charge >= 0.3 is 0 Å². The first-order valence-electron chi connectivity index (χ1n) is 12.2. The lowest BCUT2D eigenvalue weighted by Gasteiger charge is -2.32. The SMILES string of the molecule is CC(C)CCNC(=O)[C@@H](c1ccc(F)cc1)N(Cc1ccc(F)cc1)C(=O)Cn1nnc2ccccc21. The summed E-state index contributed by atoms with van der Waals surface area (Å²) in [5.74, 6) is -1.26. The number of nitrogens with zero attached hydrogens (tertiary/aromatic N) is 4. The van der Waals surface area contributed by atoms with E-state index in [1.807, 2.05) is 18.2 Å². The van der Waals surface area contributed by atoms with Gasteiger partial charge in [-0.2, -0.15) is 0 Å². The molecular weight excluding hydrogens is 476 g/mol. The minimum atomic E-state index is -1.04. The second-order valence-electron chi connectivity index (χ2n) is 9.31. The van der Waals surface area contributed by atoms with Crippen LogP contribution in [0.15, 0.2) is 72.8 Å². The topological polar surface area (TPSA) is 80.1 Å². The lowest BCUT2D eigenvalue weighted by molar-refractivity contribution is -0.142. The summed E-state index contributed by atoms with van der Waals surface area (Å²) < 4.78 is 28.8. The molecule has 1 atom stereocenters. The molecular formula is C28H29F2N5O2. The molecule has 1 aromatic heterocycles. The van der Waals surface area contributed by atoms with Gasteiger partial charge in [0.1, 0.15) is 29.7 Å². The van der Waals surface area contributed by atoms with Crippen LogP contribution in [0.5, 0.6) is 0 Å². The summed E-state index contributed by atoms with van der Waals surface area (Å²) >= 11 is 0. The Morgan fingerprint density at radius 1 is 0.946 bits per heavy atom. The predicted octanol–water partition coefficient (Wildman–Crippen LogP) is 4.64. The third-order valence-corrected chi connectivity index (χ3v) is 6.06. The van der Waals surface area contributed by atoms with E-state index in [4.69, 9.17) is 0 Å². The summed E-state index contributed by atoms with van der Waals surface area (Å²) in [7, 11) is 0. The van der Waals surface area contributed by atoms with E-state index in [-0.39, 0.29) is 19.0 Å². The summed E-state index contributed by atoms with van der Waals surface area (Å²) in [6.45, 7) is 4.40. The van der Waals surface area contributed by atoms with Crippen LogP contribution in [0.3, 0.4) is 0 Å². The number of amides is 2. The number of rotatable bonds is 10. The Hall–Kier alpha value is -4.14. The van der Waals surface area contributed by atoms with E-state index < -0.39 is 23.6 Å². The first-order valence-corrected chi connectivity index (χ1v) is 12.2. The van der Waals surface area contributed by atoms with Crippen LogP contribution in [-0.2, 0) is 22.7 Å². The number of carbonyl (C=O) groups excluding carboxylic acids is 2. The van der Waals surface area contributed by atoms with Crippen LogP contribution in [-0.4, -0.2) is 38.3 Å². The van der Waals surface area contributed by atoms with Gasteiger partial charge in [-0.05, 0) is 59.9 Å². The van der Waals surface area contributed by atoms with Gasteiger partial charge < -0.3 is 10.2 Å². The molecule has 1 N–H and O–H groups in total. The van der Waals surface area contributed by atoms with Gasteiger partial charge in [0.15, 0.2) is 0 Å². The van der Waals surface area contributed by atoms with Crippen LogP contribution in [0.4, 0.5) is 8.78 Å². The minimum absolute atomic E-state index is 0.0331. The molecule has 0 aliphatic heterocycles. The third-order valence-electron chi connectivity index (χ3n) is 6.06. The molecule has 0 saturated heterocycles. The molecule has 3 aromatic carbocycles. The standard InChI is InChI=1S/C28H29F2N5O2/c1-19(2)15-16-31-28(37)27(21-9-13-23(30)14-10-21)34(17-20-7-11-22(29)12-8-20)26(36)18-35-25-6-4-3-5-24(25)32-33-35/h3-14,19,27H,15-18H2,1-2H3,(H,31,37)/t27-/m1/s1. The maximum atomic E-state index is 13.8. The highest BCUT2D eigenvalue weighted by atomic mass is 19.1. The Bertz CT molecular complexity index is 1350. The molecule has 0 bridgehead atoms. The number of para-hydroxylation sites is 1. The number of carbonyl (C=O) groups is 2. The zero-order valence-corrected chi connectivity index (χ0v) is 20.8. The normalized spacial score (nSPS) is 12.0. The van der Waals surface area contributed by atoms with Crippen molar-refractivity contribution in [3.05, 3.63) is 95.6 Å². The second-order valence-corrected chi connectivity index (χ2v) is 9.31. The Balaban J connectivity index is 1.71. The van der Waals surface area contributed by atoms with Gasteiger partial charge in [-0.1, -0.05) is 55.5 Å². The van der Waals surface area contributed by atoms with Crippen molar-refractivity contribution in [3.63, 3.8) is 0 Å². The fourth-order valence-electron chi connectivity index (χ4n) is 4.06. The fourth-order valence-corrected chi connectivity index (χ4v) is 4.06. The predicted molar refractivity (Wildman–Crippen MR) is 136 cm³/mol. The van der Waals surface area contributed by atoms with Gasteiger partial charge in [0.25, 0.3) is 0 Å². The number of benzene rings is 3. The number of halogens is 2. The van der Waals surface area contributed by atoms with E-state index >= 15 is 0 Å². The molecule has 0 fully saturated rings. The van der Waals surface area contributed by atoms with Gasteiger partial charge in [0.05, 0.1) is 5.52 Å². The molecule has 0 aliphatic rings. The van der Waals surface area contributed by atoms with E-state index in [9.17, 15) is 18.4 Å². The van der Waals surface area contributed by atoms with Crippen LogP contribution < -0.4 is 5.32 Å². The van der Waals surface area contributed by atoms with E-state index in [1.54, 1.807) is 18.2 Å². The molecule has 2 amide bonds. The van der Waals surface area contributed by atoms with Gasteiger partial charge in [0.2, 0.25) is 11.8 Å². The van der Waals surface area contributed by atoms with Gasteiger partial charge in [-0.25, -0.2) is 13.5 Å². The third kappa shape index (κ3) is 6.55. The highest BCUT2D eigenvalue weighted by molar-refractivity contribution is 5.89. The number of hydrogen-bond acceptors (Lipinski definition) is 4. The fraction of sp³-hybridized carbons (Fsp3) is 0.286. The number of hydrogen-bond donors (Lipinski definition) is 1. The van der Waals surface area contributed by atoms with Crippen molar-refractivity contribution >= 4 is 22.8 Å². The van der Waals surface area contributed by atoms with Crippen LogP contribution in [0.1, 0.15) is 37.4 Å². The molecule has 0 radical (unpaired) electrons. The lowest BCUT2D eigenvalue weighted by atomic mass is 10.0. The van der Waals surface area contributed by atoms with Gasteiger partial charge in [0, 0.05) is 13.1 Å². The quantitative estimate of drug-likeness (QED) is 0.341. The molecule has 1 heterocycles. The number of fused-ring (bicyclic) bond motifs is 1. The Morgan fingerprint density at radius 3 is 2.27 bits per heavy atom. The van der Waals surface area contributed by atoms with Gasteiger partial charge in [-0.15, -0.1) is 5.10 Å². The largest absolute Gasteiger partial charge is 0.354 e. The summed E-state index contributed by atoms with van der Waals surface area (Å²) in [6.07, 6.45) is 0.763. The van der Waals surface area contributed by atoms with Crippen molar-refractivity contribution in [1.29, 1.82) is 0 Å². The van der Waals surface area contributed by atoms with Crippen molar-refractivity contribution < 1.29 is 18.4 Å². The minimum Gasteiger partial charge on any atom is -0.354 e. The number of nitrogens with one attached hydrogen (secondary N) is 1. The smallest absolute Gasteiger partial charge is 0.247 e. The number of aromatic nitrogens is 3. The van der Waals surface area contributed by atoms with E-state index in [0.717, 1.165) is 6.42 Å². The molecule has 7 nitrogen and oxygen atoms in total. The van der Waals surface area contributed by atoms with E-state index in [0.29, 0.717) is 34.6 Å². The zero-order chi connectivity index (χ0) is 26.4. The monoisotopic (exact) mass is 505 g/mol. The van der Waals surface area contributed by atoms with Crippen LogP contribution in [0, 0.1) is 17.6 Å². The summed E-state index contributed by atoms with van der Waals surface area (Å²) in [4.78, 5) is 28.7. The van der Waals surface area contributed by atoms with Crippen molar-refractivity contribution in [3.8, 4) is 0 Å². The van der Waals surface area contributed by atoms with Crippen LogP contribution in [0.2, 0.25) is 0 Å².